The van der Waals surface area contributed by atoms with Crippen molar-refractivity contribution < 1.29 is 0 Å². The Morgan fingerprint density at radius 3 is 2.18 bits per heavy atom. The minimum absolute atomic E-state index is 0. The van der Waals surface area contributed by atoms with Crippen LogP contribution in [0.25, 0.3) is 0 Å². The number of hydrogen-bond donors (Lipinski definition) is 1. The van der Waals surface area contributed by atoms with Gasteiger partial charge in [0, 0.05) is 37.2 Å². The van der Waals surface area contributed by atoms with E-state index in [0.29, 0.717) is 6.04 Å². The zero-order chi connectivity index (χ0) is 10.7. The van der Waals surface area contributed by atoms with Crippen LogP contribution >= 0.6 is 36.4 Å². The molecule has 5 heteroatoms. The quantitative estimate of drug-likeness (QED) is 0.902. The average Bonchev–Trinajstić information content (AvgIpc) is 2.30. The lowest BCUT2D eigenvalue weighted by Crippen LogP contribution is -2.44. The van der Waals surface area contributed by atoms with E-state index in [2.05, 4.69) is 29.3 Å². The van der Waals surface area contributed by atoms with E-state index in [0.717, 1.165) is 31.2 Å². The Kier molecular flexibility index (Phi) is 8.18. The van der Waals surface area contributed by atoms with Crippen molar-refractivity contribution in [3.63, 3.8) is 0 Å². The lowest BCUT2D eigenvalue weighted by Gasteiger charge is -2.33. The van der Waals surface area contributed by atoms with Crippen LogP contribution in [0.3, 0.4) is 0 Å². The van der Waals surface area contributed by atoms with Crippen molar-refractivity contribution in [2.45, 2.75) is 13.0 Å². The molecule has 0 aromatic heterocycles. The third-order valence-corrected chi connectivity index (χ3v) is 3.30. The zero-order valence-electron chi connectivity index (χ0n) is 9.86. The predicted molar refractivity (Wildman–Crippen MR) is 78.8 cm³/mol. The molecule has 2 nitrogen and oxygen atoms in total. The number of rotatable bonds is 2. The van der Waals surface area contributed by atoms with E-state index in [1.165, 1.54) is 5.56 Å². The molecular formula is C12H19Cl3N2. The van der Waals surface area contributed by atoms with Gasteiger partial charge in [0.25, 0.3) is 0 Å². The van der Waals surface area contributed by atoms with Gasteiger partial charge in [-0.15, -0.1) is 24.8 Å². The van der Waals surface area contributed by atoms with Crippen LogP contribution in [-0.2, 0) is 0 Å². The highest BCUT2D eigenvalue weighted by molar-refractivity contribution is 6.30. The molecule has 1 fully saturated rings. The molecule has 0 bridgehead atoms. The summed E-state index contributed by atoms with van der Waals surface area (Å²) in [5, 5.41) is 4.18. The molecule has 1 aliphatic heterocycles. The van der Waals surface area contributed by atoms with Gasteiger partial charge in [-0.2, -0.15) is 0 Å². The number of halogens is 3. The topological polar surface area (TPSA) is 15.3 Å². The van der Waals surface area contributed by atoms with Crippen LogP contribution in [0.5, 0.6) is 0 Å². The Morgan fingerprint density at radius 1 is 1.12 bits per heavy atom. The van der Waals surface area contributed by atoms with Crippen molar-refractivity contribution >= 4 is 36.4 Å². The number of piperazine rings is 1. The molecule has 1 aliphatic rings. The summed E-state index contributed by atoms with van der Waals surface area (Å²) >= 11 is 5.88. The van der Waals surface area contributed by atoms with Crippen LogP contribution < -0.4 is 5.32 Å². The minimum atomic E-state index is 0. The molecule has 0 aliphatic carbocycles. The fraction of sp³-hybridized carbons (Fsp3) is 0.500. The first-order valence-corrected chi connectivity index (χ1v) is 5.85. The summed E-state index contributed by atoms with van der Waals surface area (Å²) in [6.07, 6.45) is 0. The highest BCUT2D eigenvalue weighted by Crippen LogP contribution is 2.21. The summed E-state index contributed by atoms with van der Waals surface area (Å²) in [4.78, 5) is 2.50. The maximum Gasteiger partial charge on any atom is 0.0406 e. The van der Waals surface area contributed by atoms with Gasteiger partial charge in [0.15, 0.2) is 0 Å². The van der Waals surface area contributed by atoms with Crippen molar-refractivity contribution in [1.82, 2.24) is 10.2 Å². The fourth-order valence-corrected chi connectivity index (χ4v) is 2.15. The molecule has 98 valence electrons. The molecule has 1 saturated heterocycles. The monoisotopic (exact) mass is 296 g/mol. The van der Waals surface area contributed by atoms with Crippen LogP contribution in [0.1, 0.15) is 18.5 Å². The molecule has 17 heavy (non-hydrogen) atoms. The first-order chi connectivity index (χ1) is 7.27. The number of nitrogens with one attached hydrogen (secondary N) is 1. The van der Waals surface area contributed by atoms with Crippen LogP contribution in [0, 0.1) is 0 Å². The van der Waals surface area contributed by atoms with Crippen molar-refractivity contribution in [2.75, 3.05) is 26.2 Å². The van der Waals surface area contributed by atoms with E-state index in [4.69, 9.17) is 11.6 Å². The molecule has 0 radical (unpaired) electrons. The van der Waals surface area contributed by atoms with E-state index in [1.807, 2.05) is 12.1 Å². The summed E-state index contributed by atoms with van der Waals surface area (Å²) < 4.78 is 0. The van der Waals surface area contributed by atoms with Crippen molar-refractivity contribution in [3.8, 4) is 0 Å². The number of nitrogens with zero attached hydrogens (tertiary/aromatic N) is 1. The van der Waals surface area contributed by atoms with E-state index >= 15 is 0 Å². The van der Waals surface area contributed by atoms with Crippen LogP contribution in [-0.4, -0.2) is 31.1 Å². The molecule has 1 heterocycles. The van der Waals surface area contributed by atoms with Crippen LogP contribution in [0.4, 0.5) is 0 Å². The van der Waals surface area contributed by atoms with Gasteiger partial charge in [-0.25, -0.2) is 0 Å². The molecule has 1 N–H and O–H groups in total. The molecule has 0 spiro atoms. The molecular weight excluding hydrogens is 279 g/mol. The van der Waals surface area contributed by atoms with Crippen LogP contribution in [0.2, 0.25) is 5.02 Å². The van der Waals surface area contributed by atoms with Gasteiger partial charge in [0.2, 0.25) is 0 Å². The summed E-state index contributed by atoms with van der Waals surface area (Å²) in [6, 6.07) is 8.67. The summed E-state index contributed by atoms with van der Waals surface area (Å²) in [6.45, 7) is 6.71. The molecule has 1 atom stereocenters. The molecule has 0 saturated carbocycles. The maximum absolute atomic E-state index is 5.88. The van der Waals surface area contributed by atoms with Crippen molar-refractivity contribution in [3.05, 3.63) is 34.9 Å². The highest BCUT2D eigenvalue weighted by atomic mass is 35.5. The molecule has 0 amide bonds. The zero-order valence-corrected chi connectivity index (χ0v) is 12.2. The SMILES string of the molecule is C[C@@H](c1ccc(Cl)cc1)N1CCNCC1.Cl.Cl. The Morgan fingerprint density at radius 2 is 1.65 bits per heavy atom. The number of hydrogen-bond acceptors (Lipinski definition) is 2. The van der Waals surface area contributed by atoms with E-state index < -0.39 is 0 Å². The third-order valence-electron chi connectivity index (χ3n) is 3.05. The van der Waals surface area contributed by atoms with Crippen LogP contribution in [0.15, 0.2) is 24.3 Å². The minimum Gasteiger partial charge on any atom is -0.314 e. The van der Waals surface area contributed by atoms with Gasteiger partial charge in [0.05, 0.1) is 0 Å². The second-order valence-corrected chi connectivity index (χ2v) is 4.45. The number of benzene rings is 1. The smallest absolute Gasteiger partial charge is 0.0406 e. The molecule has 0 unspecified atom stereocenters. The first kappa shape index (κ1) is 17.0. The van der Waals surface area contributed by atoms with Gasteiger partial charge in [-0.1, -0.05) is 23.7 Å². The fourth-order valence-electron chi connectivity index (χ4n) is 2.02. The van der Waals surface area contributed by atoms with Crippen molar-refractivity contribution in [1.29, 1.82) is 0 Å². The Hall–Kier alpha value is 0.01000. The van der Waals surface area contributed by atoms with Gasteiger partial charge < -0.3 is 5.32 Å². The summed E-state index contributed by atoms with van der Waals surface area (Å²) in [5.74, 6) is 0. The lowest BCUT2D eigenvalue weighted by atomic mass is 10.1. The average molecular weight is 298 g/mol. The van der Waals surface area contributed by atoms with E-state index in [-0.39, 0.29) is 24.8 Å². The van der Waals surface area contributed by atoms with Gasteiger partial charge in [0.1, 0.15) is 0 Å². The summed E-state index contributed by atoms with van der Waals surface area (Å²) in [5.41, 5.74) is 1.35. The molecule has 2 rings (SSSR count). The van der Waals surface area contributed by atoms with Gasteiger partial charge in [-0.3, -0.25) is 4.90 Å². The van der Waals surface area contributed by atoms with Gasteiger partial charge in [-0.05, 0) is 24.6 Å². The lowest BCUT2D eigenvalue weighted by molar-refractivity contribution is 0.185. The normalized spacial score (nSPS) is 17.8. The van der Waals surface area contributed by atoms with Gasteiger partial charge >= 0.3 is 0 Å². The second kappa shape index (κ2) is 8.17. The van der Waals surface area contributed by atoms with Crippen molar-refractivity contribution in [2.24, 2.45) is 0 Å². The van der Waals surface area contributed by atoms with E-state index in [9.17, 15) is 0 Å². The molecule has 1 aromatic carbocycles. The Labute approximate surface area is 121 Å². The maximum atomic E-state index is 5.88. The Balaban J connectivity index is 0.00000128. The standard InChI is InChI=1S/C12H17ClN2.2ClH/c1-10(15-8-6-14-7-9-15)11-2-4-12(13)5-3-11;;/h2-5,10,14H,6-9H2,1H3;2*1H/t10-;;/m0../s1. The first-order valence-electron chi connectivity index (χ1n) is 5.47. The molecule has 1 aromatic rings. The van der Waals surface area contributed by atoms with E-state index in [1.54, 1.807) is 0 Å². The summed E-state index contributed by atoms with van der Waals surface area (Å²) in [7, 11) is 0. The Bertz CT molecular complexity index is 310. The highest BCUT2D eigenvalue weighted by Gasteiger charge is 2.17. The largest absolute Gasteiger partial charge is 0.314 e. The third kappa shape index (κ3) is 4.65. The second-order valence-electron chi connectivity index (χ2n) is 4.01. The predicted octanol–water partition coefficient (Wildman–Crippen LogP) is 3.15.